The Morgan fingerprint density at radius 3 is 1.48 bits per heavy atom. The highest BCUT2D eigenvalue weighted by atomic mass is 31.2. The number of quaternary nitrogens is 1. The summed E-state index contributed by atoms with van der Waals surface area (Å²) in [6.45, 7) is 3.54. The van der Waals surface area contributed by atoms with Gasteiger partial charge in [-0.25, -0.2) is 0 Å². The molecule has 0 aromatic carbocycles. The number of esters is 2. The lowest BCUT2D eigenvalue weighted by Gasteiger charge is -2.40. The maximum Gasteiger partial charge on any atom is 0.377 e. The van der Waals surface area contributed by atoms with E-state index < -0.39 is 63.5 Å². The number of aliphatic hydroxyl groups excluding tert-OH is 3. The first-order valence-corrected chi connectivity index (χ1v) is 25.8. The molecule has 1 aliphatic rings. The third-order valence-electron chi connectivity index (χ3n) is 11.2. The molecular weight excluding hydrogens is 805 g/mol. The van der Waals surface area contributed by atoms with Crippen molar-refractivity contribution in [2.45, 2.75) is 230 Å². The minimum absolute atomic E-state index is 0.0676. The molecule has 1 saturated heterocycles. The van der Waals surface area contributed by atoms with Crippen LogP contribution in [0.2, 0.25) is 0 Å². The summed E-state index contributed by atoms with van der Waals surface area (Å²) in [4.78, 5) is 48.2. The second kappa shape index (κ2) is 36.2. The zero-order chi connectivity index (χ0) is 45.2. The van der Waals surface area contributed by atoms with Crippen molar-refractivity contribution in [3.05, 3.63) is 0 Å². The van der Waals surface area contributed by atoms with Crippen LogP contribution in [0.3, 0.4) is 0 Å². The number of rotatable bonds is 41. The van der Waals surface area contributed by atoms with Crippen LogP contribution in [0, 0.1) is 0 Å². The van der Waals surface area contributed by atoms with E-state index in [1.807, 2.05) is 21.1 Å². The molecule has 1 fully saturated rings. The van der Waals surface area contributed by atoms with Gasteiger partial charge < -0.3 is 43.6 Å². The van der Waals surface area contributed by atoms with Crippen molar-refractivity contribution in [2.24, 2.45) is 0 Å². The van der Waals surface area contributed by atoms with Crippen molar-refractivity contribution in [2.75, 3.05) is 54.1 Å². The average molecular weight is 897 g/mol. The van der Waals surface area contributed by atoms with E-state index in [0.717, 1.165) is 38.5 Å². The summed E-state index contributed by atoms with van der Waals surface area (Å²) in [6, 6.07) is 0. The van der Waals surface area contributed by atoms with Gasteiger partial charge in [-0.2, -0.15) is 13.9 Å². The van der Waals surface area contributed by atoms with Crippen molar-refractivity contribution in [1.82, 2.24) is 0 Å². The Labute approximate surface area is 371 Å². The van der Waals surface area contributed by atoms with E-state index in [9.17, 15) is 34.7 Å². The Morgan fingerprint density at radius 1 is 0.607 bits per heavy atom. The summed E-state index contributed by atoms with van der Waals surface area (Å²) in [5.41, 5.74) is 0. The van der Waals surface area contributed by atoms with Crippen LogP contribution in [-0.2, 0) is 37.6 Å². The molecule has 14 nitrogen and oxygen atoms in total. The highest BCUT2D eigenvalue weighted by Gasteiger charge is 2.46. The number of aliphatic hydroxyl groups is 3. The molecule has 0 aromatic heterocycles. The molecule has 61 heavy (non-hydrogen) atoms. The molecule has 15 heteroatoms. The Morgan fingerprint density at radius 2 is 1.03 bits per heavy atom. The van der Waals surface area contributed by atoms with Gasteiger partial charge in [0.25, 0.3) is 0 Å². The molecule has 362 valence electrons. The lowest BCUT2D eigenvalue weighted by molar-refractivity contribution is -0.870. The molecule has 0 amide bonds. The van der Waals surface area contributed by atoms with Crippen molar-refractivity contribution >= 4 is 20.1 Å². The molecule has 7 atom stereocenters. The van der Waals surface area contributed by atoms with Crippen molar-refractivity contribution < 1.29 is 67.2 Å². The normalized spacial score (nSPS) is 21.0. The van der Waals surface area contributed by atoms with Gasteiger partial charge in [-0.05, 0) is 12.8 Å². The minimum Gasteiger partial charge on any atom is -0.606 e. The molecule has 1 heterocycles. The number of phosphoric acid groups is 1. The van der Waals surface area contributed by atoms with Crippen molar-refractivity contribution in [1.29, 1.82) is 0 Å². The molecule has 2 unspecified atom stereocenters. The van der Waals surface area contributed by atoms with E-state index in [2.05, 4.69) is 13.8 Å². The number of likely N-dealkylation sites (N-methyl/N-ethyl adjacent to an activating group) is 1. The highest BCUT2D eigenvalue weighted by Crippen LogP contribution is 2.48. The molecule has 0 aliphatic carbocycles. The molecule has 1 aliphatic heterocycles. The first kappa shape index (κ1) is 58.0. The third-order valence-corrected chi connectivity index (χ3v) is 12.2. The van der Waals surface area contributed by atoms with E-state index in [4.69, 9.17) is 28.0 Å². The summed E-state index contributed by atoms with van der Waals surface area (Å²) >= 11 is 0. The van der Waals surface area contributed by atoms with Gasteiger partial charge in [0, 0.05) is 12.8 Å². The summed E-state index contributed by atoms with van der Waals surface area (Å²) in [7, 11) is 1.14. The van der Waals surface area contributed by atoms with Crippen LogP contribution >= 0.6 is 8.17 Å². The number of hydrogen-bond acceptors (Lipinski definition) is 13. The van der Waals surface area contributed by atoms with E-state index in [0.29, 0.717) is 23.9 Å². The van der Waals surface area contributed by atoms with E-state index in [1.54, 1.807) is 0 Å². The number of nitrogens with zero attached hydrogens (tertiary/aromatic N) is 1. The van der Waals surface area contributed by atoms with Gasteiger partial charge in [0.05, 0.1) is 27.7 Å². The lowest BCUT2D eigenvalue weighted by Crippen LogP contribution is -2.59. The van der Waals surface area contributed by atoms with Crippen LogP contribution in [0.1, 0.15) is 194 Å². The fraction of sp³-hybridized carbons (Fsp3) is 0.957. The third kappa shape index (κ3) is 32.3. The van der Waals surface area contributed by atoms with Gasteiger partial charge >= 0.3 is 20.1 Å². The zero-order valence-electron chi connectivity index (χ0n) is 39.2. The largest absolute Gasteiger partial charge is 0.606 e. The number of carbonyl (C=O) groups is 2. The first-order valence-electron chi connectivity index (χ1n) is 24.3. The van der Waals surface area contributed by atoms with Gasteiger partial charge in [0.1, 0.15) is 50.8 Å². The topological polar surface area (TPSA) is 194 Å². The van der Waals surface area contributed by atoms with Crippen LogP contribution in [0.5, 0.6) is 0 Å². The SMILES string of the molecule is CCCCCCCCCCCCCCCC(=O)OCC(CO[C@@H]1O[C@H](CO[P+]([O-])(O)OCC[N+](C)(C)C)[C@@H](O)[C@H](O)[C@H]1O)OC(=O)CCCCCCCCCCCCCCC. The highest BCUT2D eigenvalue weighted by molar-refractivity contribution is 7.52. The summed E-state index contributed by atoms with van der Waals surface area (Å²) in [5, 5.41) is 31.8. The summed E-state index contributed by atoms with van der Waals surface area (Å²) in [5.74, 6) is -0.887. The second-order valence-electron chi connectivity index (χ2n) is 18.2. The molecule has 0 radical (unpaired) electrons. The van der Waals surface area contributed by atoms with Crippen molar-refractivity contribution in [3.63, 3.8) is 0 Å². The Kier molecular flexibility index (Phi) is 34.4. The molecule has 0 bridgehead atoms. The van der Waals surface area contributed by atoms with Crippen LogP contribution in [0.25, 0.3) is 0 Å². The van der Waals surface area contributed by atoms with Crippen molar-refractivity contribution in [3.8, 4) is 0 Å². The number of phosphoric ester groups is 1. The Bertz CT molecular complexity index is 1070. The molecule has 4 N–H and O–H groups in total. The van der Waals surface area contributed by atoms with E-state index in [1.165, 1.54) is 116 Å². The zero-order valence-corrected chi connectivity index (χ0v) is 40.1. The summed E-state index contributed by atoms with van der Waals surface area (Å²) < 4.78 is 33.1. The van der Waals surface area contributed by atoms with Crippen LogP contribution < -0.4 is 4.89 Å². The van der Waals surface area contributed by atoms with Crippen LogP contribution in [0.15, 0.2) is 0 Å². The fourth-order valence-electron chi connectivity index (χ4n) is 7.22. The van der Waals surface area contributed by atoms with E-state index >= 15 is 0 Å². The molecular formula is C46H91NO13P+. The Hall–Kier alpha value is -1.03. The number of ether oxygens (including phenoxy) is 4. The smallest absolute Gasteiger partial charge is 0.377 e. The monoisotopic (exact) mass is 897 g/mol. The van der Waals surface area contributed by atoms with E-state index in [-0.39, 0.29) is 32.7 Å². The Balaban J connectivity index is 2.60. The average Bonchev–Trinajstić information content (AvgIpc) is 3.21. The fourth-order valence-corrected chi connectivity index (χ4v) is 7.94. The van der Waals surface area contributed by atoms with Gasteiger partial charge in [-0.1, -0.05) is 168 Å². The minimum atomic E-state index is -4.53. The predicted molar refractivity (Wildman–Crippen MR) is 238 cm³/mol. The molecule has 0 aromatic rings. The quantitative estimate of drug-likeness (QED) is 0.0200. The van der Waals surface area contributed by atoms with Gasteiger partial charge in [-0.15, -0.1) is 0 Å². The van der Waals surface area contributed by atoms with Gasteiger partial charge in [0.15, 0.2) is 12.4 Å². The van der Waals surface area contributed by atoms with Crippen LogP contribution in [0.4, 0.5) is 0 Å². The maximum atomic E-state index is 12.9. The first-order chi connectivity index (χ1) is 29.2. The number of unbranched alkanes of at least 4 members (excludes halogenated alkanes) is 24. The van der Waals surface area contributed by atoms with Gasteiger partial charge in [0.2, 0.25) is 0 Å². The second-order valence-corrected chi connectivity index (χ2v) is 19.7. The molecule has 0 spiro atoms. The number of hydrogen-bond donors (Lipinski definition) is 4. The van der Waals surface area contributed by atoms with Crippen LogP contribution in [-0.4, -0.2) is 128 Å². The maximum absolute atomic E-state index is 12.9. The standard InChI is InChI=1S/C46H90NO13P/c1-6-8-10-12-14-16-18-20-22-24-26-28-30-32-41(48)55-36-39(59-42(49)33-31-29-27-25-23-21-19-17-15-13-11-9-7-2)37-56-46-45(52)44(51)43(50)40(60-46)38-58-61(53,54)57-35-34-47(3,4)5/h39-40,43-46,50-52H,6-38H2,1-5H3/p+1/t39?,40-,43-,44+,45-,46-/m1/s1. The molecule has 1 rings (SSSR count). The molecule has 0 saturated carbocycles. The van der Waals surface area contributed by atoms with Gasteiger partial charge in [-0.3, -0.25) is 9.59 Å². The summed E-state index contributed by atoms with van der Waals surface area (Å²) in [6.07, 6.45) is 22.2. The lowest BCUT2D eigenvalue weighted by atomic mass is 9.99. The number of carbonyl (C=O) groups excluding carboxylic acids is 2. The predicted octanol–water partition coefficient (Wildman–Crippen LogP) is 8.00.